The van der Waals surface area contributed by atoms with E-state index in [0.717, 1.165) is 36.8 Å². The van der Waals surface area contributed by atoms with Crippen molar-refractivity contribution in [3.05, 3.63) is 47.0 Å². The Bertz CT molecular complexity index is 1320. The number of fused-ring (bicyclic) bond motifs is 1. The number of pyridine rings is 2. The van der Waals surface area contributed by atoms with E-state index in [0.29, 0.717) is 43.6 Å². The first-order chi connectivity index (χ1) is 18.2. The summed E-state index contributed by atoms with van der Waals surface area (Å²) in [7, 11) is 0. The van der Waals surface area contributed by atoms with E-state index in [-0.39, 0.29) is 11.6 Å². The van der Waals surface area contributed by atoms with Crippen LogP contribution in [0, 0.1) is 0 Å². The maximum Gasteiger partial charge on any atom is 0.528 e. The molecule has 0 unspecified atom stereocenters. The van der Waals surface area contributed by atoms with Gasteiger partial charge in [-0.2, -0.15) is 4.98 Å². The predicted molar refractivity (Wildman–Crippen MR) is 145 cm³/mol. The van der Waals surface area contributed by atoms with E-state index in [1.165, 1.54) is 6.42 Å². The van der Waals surface area contributed by atoms with Gasteiger partial charge in [-0.05, 0) is 51.8 Å². The molecule has 0 atom stereocenters. The van der Waals surface area contributed by atoms with Gasteiger partial charge in [0.15, 0.2) is 0 Å². The molecular formula is C27H35N7O4. The second-order valence-corrected chi connectivity index (χ2v) is 10.8. The Morgan fingerprint density at radius 3 is 2.42 bits per heavy atom. The molecule has 2 fully saturated rings. The molecular weight excluding hydrogens is 486 g/mol. The fourth-order valence-corrected chi connectivity index (χ4v) is 4.96. The molecule has 1 saturated carbocycles. The Morgan fingerprint density at radius 2 is 1.74 bits per heavy atom. The van der Waals surface area contributed by atoms with Crippen LogP contribution in [0.4, 0.5) is 22.2 Å². The Morgan fingerprint density at radius 1 is 0.974 bits per heavy atom. The third-order valence-electron chi connectivity index (χ3n) is 6.79. The molecule has 3 aromatic rings. The SMILES string of the molecule is CC(C)(C)OC(=O)ON1CCN(c2ccc(Nc3ncc4ccc(=O)n(C5CCCCC5)c4n3)nc2)CC1. The number of hydrogen-bond acceptors (Lipinski definition) is 10. The first-order valence-corrected chi connectivity index (χ1v) is 13.3. The zero-order valence-electron chi connectivity index (χ0n) is 22.2. The Kier molecular flexibility index (Phi) is 7.46. The van der Waals surface area contributed by atoms with Crippen LogP contribution in [0.3, 0.4) is 0 Å². The summed E-state index contributed by atoms with van der Waals surface area (Å²) in [6.07, 6.45) is 8.33. The van der Waals surface area contributed by atoms with Gasteiger partial charge in [-0.3, -0.25) is 9.36 Å². The van der Waals surface area contributed by atoms with Crippen LogP contribution in [0.5, 0.6) is 0 Å². The lowest BCUT2D eigenvalue weighted by Gasteiger charge is -2.34. The number of nitrogens with one attached hydrogen (secondary N) is 1. The van der Waals surface area contributed by atoms with Gasteiger partial charge in [0, 0.05) is 36.8 Å². The first kappa shape index (κ1) is 25.9. The van der Waals surface area contributed by atoms with Crippen LogP contribution >= 0.6 is 0 Å². The lowest BCUT2D eigenvalue weighted by molar-refractivity contribution is -0.144. The van der Waals surface area contributed by atoms with Crippen molar-refractivity contribution in [3.8, 4) is 0 Å². The summed E-state index contributed by atoms with van der Waals surface area (Å²) in [6, 6.07) is 7.43. The summed E-state index contributed by atoms with van der Waals surface area (Å²) in [5, 5.41) is 5.65. The molecule has 1 aliphatic carbocycles. The van der Waals surface area contributed by atoms with E-state index in [1.807, 2.05) is 16.7 Å². The molecule has 11 nitrogen and oxygen atoms in total. The van der Waals surface area contributed by atoms with Crippen LogP contribution in [0.15, 0.2) is 41.5 Å². The molecule has 0 amide bonds. The van der Waals surface area contributed by atoms with Gasteiger partial charge in [0.2, 0.25) is 5.95 Å². The zero-order chi connectivity index (χ0) is 26.7. The number of nitrogens with zero attached hydrogens (tertiary/aromatic N) is 6. The smallest absolute Gasteiger partial charge is 0.427 e. The maximum atomic E-state index is 12.7. The van der Waals surface area contributed by atoms with E-state index >= 15 is 0 Å². The Hall–Kier alpha value is -3.73. The highest BCUT2D eigenvalue weighted by Gasteiger charge is 2.24. The van der Waals surface area contributed by atoms with Crippen molar-refractivity contribution in [2.45, 2.75) is 64.5 Å². The molecule has 1 aliphatic heterocycles. The second-order valence-electron chi connectivity index (χ2n) is 10.8. The van der Waals surface area contributed by atoms with Gasteiger partial charge in [0.1, 0.15) is 17.1 Å². The Balaban J connectivity index is 1.22. The third-order valence-corrected chi connectivity index (χ3v) is 6.79. The highest BCUT2D eigenvalue weighted by atomic mass is 16.8. The lowest BCUT2D eigenvalue weighted by atomic mass is 9.95. The average Bonchev–Trinajstić information content (AvgIpc) is 2.89. The standard InChI is InChI=1S/C27H35N7O4/c1-27(2,3)37-26(36)38-33-15-13-32(14-16-33)21-10-11-22(28-18-21)30-25-29-17-19-9-12-23(35)34(24(19)31-25)20-7-5-4-6-8-20/h9-12,17-18,20H,4-8,13-16H2,1-3H3,(H,28,29,30,31). The van der Waals surface area contributed by atoms with Crippen LogP contribution < -0.4 is 15.8 Å². The van der Waals surface area contributed by atoms with Crippen molar-refractivity contribution in [2.75, 3.05) is 36.4 Å². The van der Waals surface area contributed by atoms with Crippen LogP contribution in [0.2, 0.25) is 0 Å². The summed E-state index contributed by atoms with van der Waals surface area (Å²) in [5.41, 5.74) is 1.02. The number of aromatic nitrogens is 4. The molecule has 3 aromatic heterocycles. The molecule has 0 aromatic carbocycles. The molecule has 11 heteroatoms. The highest BCUT2D eigenvalue weighted by molar-refractivity contribution is 5.75. The number of hydroxylamine groups is 2. The van der Waals surface area contributed by atoms with E-state index < -0.39 is 11.8 Å². The molecule has 38 heavy (non-hydrogen) atoms. The van der Waals surface area contributed by atoms with Crippen molar-refractivity contribution in [1.29, 1.82) is 0 Å². The lowest BCUT2D eigenvalue weighted by Crippen LogP contribution is -2.47. The Labute approximate surface area is 221 Å². The predicted octanol–water partition coefficient (Wildman–Crippen LogP) is 4.42. The van der Waals surface area contributed by atoms with Gasteiger partial charge in [-0.1, -0.05) is 19.3 Å². The monoisotopic (exact) mass is 521 g/mol. The van der Waals surface area contributed by atoms with Crippen LogP contribution in [0.1, 0.15) is 58.9 Å². The third kappa shape index (κ3) is 6.21. The summed E-state index contributed by atoms with van der Waals surface area (Å²) in [6.45, 7) is 7.91. The van der Waals surface area contributed by atoms with Crippen LogP contribution in [0.25, 0.3) is 11.0 Å². The minimum atomic E-state index is -0.685. The van der Waals surface area contributed by atoms with E-state index in [2.05, 4.69) is 20.2 Å². The number of hydrogen-bond donors (Lipinski definition) is 1. The van der Waals surface area contributed by atoms with Crippen molar-refractivity contribution in [2.24, 2.45) is 0 Å². The molecule has 0 radical (unpaired) electrons. The van der Waals surface area contributed by atoms with Gasteiger partial charge >= 0.3 is 6.16 Å². The molecule has 2 aliphatic rings. The number of rotatable bonds is 5. The molecule has 0 spiro atoms. The van der Waals surface area contributed by atoms with Crippen molar-refractivity contribution >= 4 is 34.6 Å². The topological polar surface area (TPSA) is 115 Å². The van der Waals surface area contributed by atoms with Crippen LogP contribution in [-0.2, 0) is 9.57 Å². The van der Waals surface area contributed by atoms with Gasteiger partial charge in [-0.15, -0.1) is 5.06 Å². The van der Waals surface area contributed by atoms with Gasteiger partial charge in [0.25, 0.3) is 5.56 Å². The van der Waals surface area contributed by atoms with Crippen molar-refractivity contribution in [1.82, 2.24) is 24.6 Å². The second kappa shape index (κ2) is 10.9. The summed E-state index contributed by atoms with van der Waals surface area (Å²) in [4.78, 5) is 45.8. The number of carbonyl (C=O) groups is 1. The maximum absolute atomic E-state index is 12.7. The van der Waals surface area contributed by atoms with E-state index in [9.17, 15) is 9.59 Å². The fraction of sp³-hybridized carbons (Fsp3) is 0.519. The summed E-state index contributed by atoms with van der Waals surface area (Å²) in [5.74, 6) is 1.02. The quantitative estimate of drug-likeness (QED) is 0.484. The van der Waals surface area contributed by atoms with Gasteiger partial charge in [-0.25, -0.2) is 14.8 Å². The minimum Gasteiger partial charge on any atom is -0.427 e. The average molecular weight is 522 g/mol. The molecule has 4 heterocycles. The number of carbonyl (C=O) groups excluding carboxylic acids is 1. The number of anilines is 3. The number of piperazine rings is 1. The van der Waals surface area contributed by atoms with E-state index in [4.69, 9.17) is 14.6 Å². The summed E-state index contributed by atoms with van der Waals surface area (Å²) < 4.78 is 7.06. The van der Waals surface area contributed by atoms with Crippen molar-refractivity contribution < 1.29 is 14.4 Å². The number of ether oxygens (including phenoxy) is 1. The van der Waals surface area contributed by atoms with E-state index in [1.54, 1.807) is 50.4 Å². The molecule has 1 N–H and O–H groups in total. The van der Waals surface area contributed by atoms with Crippen molar-refractivity contribution in [3.63, 3.8) is 0 Å². The molecule has 202 valence electrons. The van der Waals surface area contributed by atoms with Gasteiger partial charge in [0.05, 0.1) is 25.0 Å². The molecule has 5 rings (SSSR count). The van der Waals surface area contributed by atoms with Gasteiger partial charge < -0.3 is 19.8 Å². The molecule has 0 bridgehead atoms. The molecule has 1 saturated heterocycles. The fourth-order valence-electron chi connectivity index (χ4n) is 4.96. The minimum absolute atomic E-state index is 0.0203. The zero-order valence-corrected chi connectivity index (χ0v) is 22.2. The largest absolute Gasteiger partial charge is 0.528 e. The van der Waals surface area contributed by atoms with Crippen LogP contribution in [-0.4, -0.2) is 62.5 Å². The summed E-state index contributed by atoms with van der Waals surface area (Å²) >= 11 is 0. The first-order valence-electron chi connectivity index (χ1n) is 13.3. The highest BCUT2D eigenvalue weighted by Crippen LogP contribution is 2.29. The normalized spacial score (nSPS) is 17.4.